The number of nitrogens with one attached hydrogen (secondary N) is 1. The summed E-state index contributed by atoms with van der Waals surface area (Å²) in [6.45, 7) is 2.37. The summed E-state index contributed by atoms with van der Waals surface area (Å²) in [5, 5.41) is 3.37. The van der Waals surface area contributed by atoms with Crippen molar-refractivity contribution in [2.45, 2.75) is 25.8 Å². The van der Waals surface area contributed by atoms with Crippen LogP contribution in [0.25, 0.3) is 0 Å². The number of hydrogen-bond acceptors (Lipinski definition) is 4. The second-order valence-corrected chi connectivity index (χ2v) is 6.41. The van der Waals surface area contributed by atoms with E-state index in [1.807, 2.05) is 37.2 Å². The van der Waals surface area contributed by atoms with Crippen LogP contribution in [0.4, 0.5) is 5.82 Å². The van der Waals surface area contributed by atoms with Crippen molar-refractivity contribution in [2.24, 2.45) is 16.6 Å². The first-order valence-electron chi connectivity index (χ1n) is 8.36. The van der Waals surface area contributed by atoms with Crippen LogP contribution in [-0.4, -0.2) is 56.0 Å². The minimum absolute atomic E-state index is 0. The fourth-order valence-corrected chi connectivity index (χ4v) is 3.02. The maximum absolute atomic E-state index is 11.2. The van der Waals surface area contributed by atoms with Crippen LogP contribution in [0.15, 0.2) is 23.2 Å². The van der Waals surface area contributed by atoms with Gasteiger partial charge in [-0.25, -0.2) is 4.98 Å². The first-order valence-corrected chi connectivity index (χ1v) is 8.36. The van der Waals surface area contributed by atoms with E-state index >= 15 is 0 Å². The van der Waals surface area contributed by atoms with Gasteiger partial charge in [0.05, 0.1) is 12.2 Å². The predicted octanol–water partition coefficient (Wildman–Crippen LogP) is 1.43. The largest absolute Gasteiger partial charge is 0.370 e. The summed E-state index contributed by atoms with van der Waals surface area (Å²) in [4.78, 5) is 24.3. The van der Waals surface area contributed by atoms with E-state index in [0.717, 1.165) is 43.4 Å². The molecule has 0 bridgehead atoms. The van der Waals surface area contributed by atoms with Crippen molar-refractivity contribution in [2.75, 3.05) is 39.1 Å². The molecule has 1 aliphatic rings. The van der Waals surface area contributed by atoms with E-state index in [1.165, 1.54) is 0 Å². The van der Waals surface area contributed by atoms with Crippen LogP contribution in [-0.2, 0) is 11.3 Å². The van der Waals surface area contributed by atoms with Gasteiger partial charge in [0.15, 0.2) is 5.96 Å². The van der Waals surface area contributed by atoms with Crippen molar-refractivity contribution in [3.05, 3.63) is 23.9 Å². The van der Waals surface area contributed by atoms with Crippen LogP contribution < -0.4 is 16.0 Å². The number of anilines is 1. The number of hydrogen-bond donors (Lipinski definition) is 2. The van der Waals surface area contributed by atoms with Gasteiger partial charge in [-0.15, -0.1) is 24.0 Å². The molecule has 1 saturated heterocycles. The number of nitrogens with two attached hydrogens (primary N) is 1. The van der Waals surface area contributed by atoms with Crippen LogP contribution in [0.1, 0.15) is 25.0 Å². The molecule has 140 valence electrons. The van der Waals surface area contributed by atoms with E-state index in [2.05, 4.69) is 20.2 Å². The third-order valence-corrected chi connectivity index (χ3v) is 4.20. The number of aromatic nitrogens is 1. The van der Waals surface area contributed by atoms with Crippen molar-refractivity contribution in [1.82, 2.24) is 15.2 Å². The van der Waals surface area contributed by atoms with Crippen LogP contribution >= 0.6 is 24.0 Å². The molecule has 0 saturated carbocycles. The van der Waals surface area contributed by atoms with Gasteiger partial charge in [-0.1, -0.05) is 6.07 Å². The van der Waals surface area contributed by atoms with Gasteiger partial charge in [0.2, 0.25) is 5.91 Å². The third-order valence-electron chi connectivity index (χ3n) is 4.20. The Bertz CT molecular complexity index is 592. The van der Waals surface area contributed by atoms with Gasteiger partial charge in [-0.2, -0.15) is 0 Å². The monoisotopic (exact) mass is 460 g/mol. The molecule has 1 aromatic heterocycles. The van der Waals surface area contributed by atoms with Gasteiger partial charge >= 0.3 is 0 Å². The van der Waals surface area contributed by atoms with Crippen molar-refractivity contribution in [1.29, 1.82) is 0 Å². The predicted molar refractivity (Wildman–Crippen MR) is 112 cm³/mol. The number of piperidine rings is 1. The Kier molecular flexibility index (Phi) is 8.95. The Labute approximate surface area is 167 Å². The molecule has 1 fully saturated rings. The Morgan fingerprint density at radius 1 is 1.48 bits per heavy atom. The second kappa shape index (κ2) is 10.4. The average molecular weight is 460 g/mol. The zero-order valence-electron chi connectivity index (χ0n) is 15.2. The lowest BCUT2D eigenvalue weighted by Gasteiger charge is -2.34. The van der Waals surface area contributed by atoms with Gasteiger partial charge in [0, 0.05) is 40.7 Å². The Morgan fingerprint density at radius 3 is 2.88 bits per heavy atom. The van der Waals surface area contributed by atoms with Gasteiger partial charge in [-0.05, 0) is 30.9 Å². The number of likely N-dealkylation sites (tertiary alicyclic amines) is 1. The summed E-state index contributed by atoms with van der Waals surface area (Å²) < 4.78 is 0. The molecule has 25 heavy (non-hydrogen) atoms. The first kappa shape index (κ1) is 21.5. The van der Waals surface area contributed by atoms with Crippen molar-refractivity contribution in [3.8, 4) is 0 Å². The van der Waals surface area contributed by atoms with Gasteiger partial charge < -0.3 is 20.9 Å². The highest BCUT2D eigenvalue weighted by atomic mass is 127. The number of guanidine groups is 1. The number of aliphatic imine (C=N–C) groups is 1. The molecule has 1 unspecified atom stereocenters. The van der Waals surface area contributed by atoms with E-state index in [1.54, 1.807) is 7.05 Å². The number of rotatable bonds is 5. The normalized spacial score (nSPS) is 17.6. The molecule has 8 heteroatoms. The SMILES string of the molecule is CN=C(NCc1cccc(N(C)C)n1)N1CCCC(CC(N)=O)C1.I. The highest BCUT2D eigenvalue weighted by Crippen LogP contribution is 2.19. The smallest absolute Gasteiger partial charge is 0.217 e. The molecule has 0 aromatic carbocycles. The topological polar surface area (TPSA) is 86.8 Å². The lowest BCUT2D eigenvalue weighted by molar-refractivity contribution is -0.119. The van der Waals surface area contributed by atoms with Gasteiger partial charge in [0.25, 0.3) is 0 Å². The minimum Gasteiger partial charge on any atom is -0.370 e. The van der Waals surface area contributed by atoms with E-state index in [9.17, 15) is 4.79 Å². The molecule has 0 spiro atoms. The lowest BCUT2D eigenvalue weighted by Crippen LogP contribution is -2.47. The molecule has 0 radical (unpaired) electrons. The fraction of sp³-hybridized carbons (Fsp3) is 0.588. The molecule has 7 nitrogen and oxygen atoms in total. The maximum atomic E-state index is 11.2. The number of nitrogens with zero attached hydrogens (tertiary/aromatic N) is 4. The standard InChI is InChI=1S/C17H28N6O.HI/c1-19-17(23-9-5-6-13(12-23)10-15(18)24)20-11-14-7-4-8-16(21-14)22(2)3;/h4,7-8,13H,5-6,9-12H2,1-3H3,(H2,18,24)(H,19,20);1H. The highest BCUT2D eigenvalue weighted by molar-refractivity contribution is 14.0. The zero-order valence-corrected chi connectivity index (χ0v) is 17.6. The summed E-state index contributed by atoms with van der Waals surface area (Å²) in [5.74, 6) is 1.87. The van der Waals surface area contributed by atoms with E-state index in [4.69, 9.17) is 5.73 Å². The third kappa shape index (κ3) is 6.68. The molecule has 1 amide bonds. The van der Waals surface area contributed by atoms with Gasteiger partial charge in [0.1, 0.15) is 5.82 Å². The molecular formula is C17H29IN6O. The average Bonchev–Trinajstić information content (AvgIpc) is 2.55. The quantitative estimate of drug-likeness (QED) is 0.395. The van der Waals surface area contributed by atoms with Crippen LogP contribution in [0.2, 0.25) is 0 Å². The Morgan fingerprint density at radius 2 is 2.24 bits per heavy atom. The highest BCUT2D eigenvalue weighted by Gasteiger charge is 2.23. The van der Waals surface area contributed by atoms with Crippen LogP contribution in [0.5, 0.6) is 0 Å². The number of halogens is 1. The lowest BCUT2D eigenvalue weighted by atomic mass is 9.95. The molecule has 1 aliphatic heterocycles. The maximum Gasteiger partial charge on any atom is 0.217 e. The molecule has 2 rings (SSSR count). The van der Waals surface area contributed by atoms with E-state index < -0.39 is 0 Å². The van der Waals surface area contributed by atoms with Crippen molar-refractivity contribution in [3.63, 3.8) is 0 Å². The molecule has 1 atom stereocenters. The Balaban J connectivity index is 0.00000312. The van der Waals surface area contributed by atoms with E-state index in [-0.39, 0.29) is 29.9 Å². The fourth-order valence-electron chi connectivity index (χ4n) is 3.02. The van der Waals surface area contributed by atoms with Crippen LogP contribution in [0.3, 0.4) is 0 Å². The first-order chi connectivity index (χ1) is 11.5. The number of primary amides is 1. The number of pyridine rings is 1. The summed E-state index contributed by atoms with van der Waals surface area (Å²) in [6, 6.07) is 5.99. The summed E-state index contributed by atoms with van der Waals surface area (Å²) >= 11 is 0. The number of carbonyl (C=O) groups is 1. The van der Waals surface area contributed by atoms with Crippen molar-refractivity contribution < 1.29 is 4.79 Å². The van der Waals surface area contributed by atoms with Crippen LogP contribution in [0, 0.1) is 5.92 Å². The number of carbonyl (C=O) groups excluding carboxylic acids is 1. The molecule has 0 aliphatic carbocycles. The molecule has 1 aromatic rings. The zero-order chi connectivity index (χ0) is 17.5. The molecular weight excluding hydrogens is 431 g/mol. The summed E-state index contributed by atoms with van der Waals surface area (Å²) in [7, 11) is 5.74. The number of amides is 1. The summed E-state index contributed by atoms with van der Waals surface area (Å²) in [6.07, 6.45) is 2.54. The van der Waals surface area contributed by atoms with Gasteiger partial charge in [-0.3, -0.25) is 9.79 Å². The second-order valence-electron chi connectivity index (χ2n) is 6.41. The minimum atomic E-state index is -0.227. The molecule has 2 heterocycles. The summed E-state index contributed by atoms with van der Waals surface area (Å²) in [5.41, 5.74) is 6.30. The Hall–Kier alpha value is -1.58. The molecule has 3 N–H and O–H groups in total. The van der Waals surface area contributed by atoms with Crippen molar-refractivity contribution >= 4 is 41.7 Å². The van der Waals surface area contributed by atoms with E-state index in [0.29, 0.717) is 18.9 Å².